The van der Waals surface area contributed by atoms with Gasteiger partial charge in [0.15, 0.2) is 0 Å². The van der Waals surface area contributed by atoms with Crippen molar-refractivity contribution < 1.29 is 12.3 Å². The summed E-state index contributed by atoms with van der Waals surface area (Å²) in [5.74, 6) is 0. The molecule has 0 aromatic carbocycles. The minimum atomic E-state index is -4.47. The van der Waals surface area contributed by atoms with Crippen molar-refractivity contribution in [2.75, 3.05) is 0 Å². The van der Waals surface area contributed by atoms with E-state index in [0.717, 1.165) is 0 Å². The van der Waals surface area contributed by atoms with Crippen molar-refractivity contribution in [3.8, 4) is 0 Å². The Kier molecular flexibility index (Phi) is 4.36. The van der Waals surface area contributed by atoms with Crippen LogP contribution in [0.1, 0.15) is 54.4 Å². The smallest absolute Gasteiger partial charge is 0.195 e. The Morgan fingerprint density at radius 3 is 1.73 bits per heavy atom. The molecule has 0 heterocycles. The standard InChI is InChI=1S/C11H23FO2S/c1-7-11(5,6)9(15(12,13)14)8-10(2,3)4/h9H,7-8H2,1-6H3. The van der Waals surface area contributed by atoms with Crippen molar-refractivity contribution in [1.29, 1.82) is 0 Å². The van der Waals surface area contributed by atoms with Crippen molar-refractivity contribution in [2.45, 2.75) is 59.6 Å². The highest BCUT2D eigenvalue weighted by atomic mass is 32.3. The molecule has 0 spiro atoms. The van der Waals surface area contributed by atoms with Gasteiger partial charge in [-0.25, -0.2) is 0 Å². The molecule has 0 aliphatic heterocycles. The van der Waals surface area contributed by atoms with Crippen LogP contribution in [-0.2, 0) is 10.2 Å². The molecule has 0 aromatic heterocycles. The Labute approximate surface area is 93.5 Å². The van der Waals surface area contributed by atoms with Crippen LogP contribution >= 0.6 is 0 Å². The summed E-state index contributed by atoms with van der Waals surface area (Å²) in [6, 6.07) is 0. The first-order valence-corrected chi connectivity index (χ1v) is 6.78. The second-order valence-electron chi connectivity index (χ2n) is 6.07. The maximum absolute atomic E-state index is 13.2. The zero-order valence-electron chi connectivity index (χ0n) is 10.6. The fraction of sp³-hybridized carbons (Fsp3) is 1.00. The number of rotatable bonds is 4. The van der Waals surface area contributed by atoms with Crippen molar-refractivity contribution in [3.63, 3.8) is 0 Å². The minimum Gasteiger partial charge on any atom is -0.195 e. The molecule has 0 fully saturated rings. The fourth-order valence-electron chi connectivity index (χ4n) is 1.54. The van der Waals surface area contributed by atoms with Gasteiger partial charge in [-0.2, -0.15) is 8.42 Å². The molecule has 15 heavy (non-hydrogen) atoms. The van der Waals surface area contributed by atoms with Crippen LogP contribution in [-0.4, -0.2) is 13.7 Å². The SMILES string of the molecule is CCC(C)(C)C(CC(C)(C)C)S(=O)(=O)F. The Bertz CT molecular complexity index is 299. The van der Waals surface area contributed by atoms with Crippen LogP contribution < -0.4 is 0 Å². The predicted octanol–water partition coefficient (Wildman–Crippen LogP) is 3.53. The van der Waals surface area contributed by atoms with E-state index in [1.807, 2.05) is 27.7 Å². The normalized spacial score (nSPS) is 16.5. The van der Waals surface area contributed by atoms with Gasteiger partial charge >= 0.3 is 10.2 Å². The highest BCUT2D eigenvalue weighted by Gasteiger charge is 2.40. The van der Waals surface area contributed by atoms with E-state index in [1.54, 1.807) is 13.8 Å². The van der Waals surface area contributed by atoms with Crippen LogP contribution in [0.25, 0.3) is 0 Å². The highest BCUT2D eigenvalue weighted by molar-refractivity contribution is 7.87. The average molecular weight is 238 g/mol. The second-order valence-corrected chi connectivity index (χ2v) is 7.59. The molecule has 0 bridgehead atoms. The van der Waals surface area contributed by atoms with Crippen molar-refractivity contribution in [3.05, 3.63) is 0 Å². The quantitative estimate of drug-likeness (QED) is 0.702. The Balaban J connectivity index is 5.11. The molecule has 1 atom stereocenters. The van der Waals surface area contributed by atoms with Gasteiger partial charge in [0.2, 0.25) is 0 Å². The lowest BCUT2D eigenvalue weighted by atomic mass is 9.78. The van der Waals surface area contributed by atoms with Crippen LogP contribution in [0.3, 0.4) is 0 Å². The molecule has 0 saturated heterocycles. The van der Waals surface area contributed by atoms with Crippen molar-refractivity contribution >= 4 is 10.2 Å². The Morgan fingerprint density at radius 1 is 1.13 bits per heavy atom. The van der Waals surface area contributed by atoms with E-state index >= 15 is 0 Å². The third-order valence-corrected chi connectivity index (χ3v) is 4.40. The molecule has 4 heteroatoms. The van der Waals surface area contributed by atoms with E-state index in [1.165, 1.54) is 0 Å². The fourth-order valence-corrected chi connectivity index (χ4v) is 3.17. The first kappa shape index (κ1) is 14.9. The maximum atomic E-state index is 13.2. The van der Waals surface area contributed by atoms with Crippen LogP contribution in [0.2, 0.25) is 0 Å². The highest BCUT2D eigenvalue weighted by Crippen LogP contribution is 2.38. The minimum absolute atomic E-state index is 0.184. The average Bonchev–Trinajstić information content (AvgIpc) is 1.96. The molecule has 0 aromatic rings. The molecule has 0 amide bonds. The predicted molar refractivity (Wildman–Crippen MR) is 62.0 cm³/mol. The maximum Gasteiger partial charge on any atom is 0.305 e. The molecule has 1 unspecified atom stereocenters. The summed E-state index contributed by atoms with van der Waals surface area (Å²) in [5.41, 5.74) is -0.697. The summed E-state index contributed by atoms with van der Waals surface area (Å²) in [5, 5.41) is -0.907. The van der Waals surface area contributed by atoms with Gasteiger partial charge in [-0.3, -0.25) is 0 Å². The lowest BCUT2D eigenvalue weighted by Gasteiger charge is -2.34. The lowest BCUT2D eigenvalue weighted by molar-refractivity contribution is 0.246. The van der Waals surface area contributed by atoms with Crippen molar-refractivity contribution in [1.82, 2.24) is 0 Å². The summed E-state index contributed by atoms with van der Waals surface area (Å²) < 4.78 is 35.5. The molecular formula is C11H23FO2S. The van der Waals surface area contributed by atoms with Gasteiger partial charge in [-0.1, -0.05) is 41.5 Å². The van der Waals surface area contributed by atoms with E-state index < -0.39 is 20.9 Å². The first-order chi connectivity index (χ1) is 6.40. The van der Waals surface area contributed by atoms with E-state index in [4.69, 9.17) is 0 Å². The van der Waals surface area contributed by atoms with Gasteiger partial charge < -0.3 is 0 Å². The Morgan fingerprint density at radius 2 is 1.53 bits per heavy atom. The molecule has 92 valence electrons. The van der Waals surface area contributed by atoms with Crippen LogP contribution in [0.15, 0.2) is 0 Å². The molecule has 0 saturated carbocycles. The third-order valence-electron chi connectivity index (χ3n) is 2.92. The van der Waals surface area contributed by atoms with Gasteiger partial charge in [-0.15, -0.1) is 3.89 Å². The molecule has 0 N–H and O–H groups in total. The summed E-state index contributed by atoms with van der Waals surface area (Å²) >= 11 is 0. The number of halogens is 1. The molecule has 0 aliphatic rings. The van der Waals surface area contributed by atoms with Gasteiger partial charge in [0.05, 0.1) is 5.25 Å². The zero-order valence-corrected chi connectivity index (χ0v) is 11.4. The van der Waals surface area contributed by atoms with E-state index in [-0.39, 0.29) is 5.41 Å². The third kappa shape index (κ3) is 4.96. The van der Waals surface area contributed by atoms with Crippen LogP contribution in [0.4, 0.5) is 3.89 Å². The van der Waals surface area contributed by atoms with Gasteiger partial charge in [0.1, 0.15) is 0 Å². The lowest BCUT2D eigenvalue weighted by Crippen LogP contribution is -2.37. The zero-order chi connectivity index (χ0) is 12.5. The molecule has 0 rings (SSSR count). The van der Waals surface area contributed by atoms with E-state index in [2.05, 4.69) is 0 Å². The summed E-state index contributed by atoms with van der Waals surface area (Å²) in [6.45, 7) is 11.3. The second kappa shape index (κ2) is 4.40. The summed E-state index contributed by atoms with van der Waals surface area (Å²) in [4.78, 5) is 0. The van der Waals surface area contributed by atoms with Crippen LogP contribution in [0, 0.1) is 10.8 Å². The topological polar surface area (TPSA) is 34.1 Å². The monoisotopic (exact) mass is 238 g/mol. The molecule has 0 radical (unpaired) electrons. The van der Waals surface area contributed by atoms with E-state index in [9.17, 15) is 12.3 Å². The molecular weight excluding hydrogens is 215 g/mol. The summed E-state index contributed by atoms with van der Waals surface area (Å²) in [6.07, 6.45) is 1.00. The molecule has 2 nitrogen and oxygen atoms in total. The van der Waals surface area contributed by atoms with Gasteiger partial charge in [0, 0.05) is 0 Å². The summed E-state index contributed by atoms with van der Waals surface area (Å²) in [7, 11) is -4.47. The van der Waals surface area contributed by atoms with Gasteiger partial charge in [0.25, 0.3) is 0 Å². The molecule has 0 aliphatic carbocycles. The van der Waals surface area contributed by atoms with Crippen LogP contribution in [0.5, 0.6) is 0 Å². The van der Waals surface area contributed by atoms with Gasteiger partial charge in [-0.05, 0) is 23.7 Å². The van der Waals surface area contributed by atoms with E-state index in [0.29, 0.717) is 12.8 Å². The number of hydrogen-bond acceptors (Lipinski definition) is 2. The first-order valence-electron chi connectivity index (χ1n) is 5.33. The largest absolute Gasteiger partial charge is 0.305 e. The van der Waals surface area contributed by atoms with Crippen molar-refractivity contribution in [2.24, 2.45) is 10.8 Å². The Hall–Kier alpha value is -0.120. The number of hydrogen-bond donors (Lipinski definition) is 0.